The van der Waals surface area contributed by atoms with Crippen LogP contribution in [0.25, 0.3) is 0 Å². The van der Waals surface area contributed by atoms with E-state index in [4.69, 9.17) is 5.26 Å². The van der Waals surface area contributed by atoms with Crippen LogP contribution >= 0.6 is 0 Å². The molecule has 78 valence electrons. The number of aromatic hydroxyl groups is 1. The minimum Gasteiger partial charge on any atom is -0.507 e. The molecule has 0 saturated carbocycles. The summed E-state index contributed by atoms with van der Waals surface area (Å²) in [5.41, 5.74) is 0.210. The number of phenolic OH excluding ortho intramolecular Hbond substituents is 1. The fraction of sp³-hybridized carbons (Fsp3) is 0.273. The largest absolute Gasteiger partial charge is 0.507 e. The molecule has 0 spiro atoms. The maximum atomic E-state index is 11.8. The van der Waals surface area contributed by atoms with Crippen LogP contribution in [0.5, 0.6) is 5.75 Å². The number of amides is 1. The first-order valence-corrected chi connectivity index (χ1v) is 4.52. The van der Waals surface area contributed by atoms with Crippen LogP contribution < -0.4 is 0 Å². The second-order valence-electron chi connectivity index (χ2n) is 3.24. The molecular weight excluding hydrogens is 192 g/mol. The molecule has 0 saturated heterocycles. The molecule has 0 aliphatic rings. The summed E-state index contributed by atoms with van der Waals surface area (Å²) < 4.78 is 0. The number of hydrogen-bond acceptors (Lipinski definition) is 3. The van der Waals surface area contributed by atoms with Crippen molar-refractivity contribution in [3.05, 3.63) is 29.8 Å². The maximum absolute atomic E-state index is 11.8. The molecule has 4 heteroatoms. The molecule has 0 aliphatic carbocycles. The van der Waals surface area contributed by atoms with Crippen LogP contribution in [0.2, 0.25) is 0 Å². The molecule has 0 bridgehead atoms. The van der Waals surface area contributed by atoms with E-state index in [0.717, 1.165) is 0 Å². The summed E-state index contributed by atoms with van der Waals surface area (Å²) in [5, 5.41) is 18.1. The quantitative estimate of drug-likeness (QED) is 0.791. The summed E-state index contributed by atoms with van der Waals surface area (Å²) in [7, 11) is 1.53. The molecule has 0 aromatic heterocycles. The Morgan fingerprint density at radius 3 is 2.67 bits per heavy atom. The number of hydrogen-bond donors (Lipinski definition) is 1. The van der Waals surface area contributed by atoms with E-state index in [1.165, 1.54) is 24.1 Å². The van der Waals surface area contributed by atoms with Crippen molar-refractivity contribution >= 4 is 5.91 Å². The van der Waals surface area contributed by atoms with Gasteiger partial charge in [0, 0.05) is 7.05 Å². The third-order valence-corrected chi connectivity index (χ3v) is 2.22. The van der Waals surface area contributed by atoms with E-state index < -0.39 is 6.04 Å². The van der Waals surface area contributed by atoms with E-state index >= 15 is 0 Å². The number of nitriles is 1. The van der Waals surface area contributed by atoms with Gasteiger partial charge in [0.1, 0.15) is 11.8 Å². The second kappa shape index (κ2) is 4.47. The molecule has 1 unspecified atom stereocenters. The Kier molecular flexibility index (Phi) is 3.29. The molecule has 0 fully saturated rings. The Morgan fingerprint density at radius 1 is 1.53 bits per heavy atom. The first-order valence-electron chi connectivity index (χ1n) is 4.52. The van der Waals surface area contributed by atoms with Gasteiger partial charge in [-0.25, -0.2) is 0 Å². The van der Waals surface area contributed by atoms with E-state index in [-0.39, 0.29) is 17.2 Å². The fourth-order valence-electron chi connectivity index (χ4n) is 1.11. The van der Waals surface area contributed by atoms with Gasteiger partial charge in [-0.3, -0.25) is 4.79 Å². The average Bonchev–Trinajstić information content (AvgIpc) is 2.26. The third-order valence-electron chi connectivity index (χ3n) is 2.22. The van der Waals surface area contributed by atoms with Crippen LogP contribution in [0, 0.1) is 11.3 Å². The number of nitrogens with zero attached hydrogens (tertiary/aromatic N) is 2. The van der Waals surface area contributed by atoms with Crippen molar-refractivity contribution in [3.8, 4) is 11.8 Å². The Bertz CT molecular complexity index is 409. The predicted molar refractivity (Wildman–Crippen MR) is 55.3 cm³/mol. The van der Waals surface area contributed by atoms with E-state index in [1.807, 2.05) is 6.07 Å². The van der Waals surface area contributed by atoms with Crippen LogP contribution in [-0.4, -0.2) is 29.0 Å². The number of carbonyl (C=O) groups excluding carboxylic acids is 1. The van der Waals surface area contributed by atoms with Gasteiger partial charge in [0.15, 0.2) is 0 Å². The lowest BCUT2D eigenvalue weighted by Gasteiger charge is -2.19. The highest BCUT2D eigenvalue weighted by Crippen LogP contribution is 2.17. The molecule has 1 amide bonds. The van der Waals surface area contributed by atoms with Gasteiger partial charge in [0.2, 0.25) is 0 Å². The van der Waals surface area contributed by atoms with Gasteiger partial charge in [-0.15, -0.1) is 0 Å². The highest BCUT2D eigenvalue weighted by Gasteiger charge is 2.19. The lowest BCUT2D eigenvalue weighted by molar-refractivity contribution is 0.0770. The first-order chi connectivity index (χ1) is 7.07. The molecule has 0 radical (unpaired) electrons. The van der Waals surface area contributed by atoms with E-state index in [9.17, 15) is 9.90 Å². The van der Waals surface area contributed by atoms with Crippen LogP contribution in [0.15, 0.2) is 24.3 Å². The molecule has 1 aromatic carbocycles. The van der Waals surface area contributed by atoms with Gasteiger partial charge in [0.05, 0.1) is 11.6 Å². The molecule has 0 heterocycles. The van der Waals surface area contributed by atoms with Gasteiger partial charge in [0.25, 0.3) is 5.91 Å². The molecule has 15 heavy (non-hydrogen) atoms. The lowest BCUT2D eigenvalue weighted by Crippen LogP contribution is -2.34. The van der Waals surface area contributed by atoms with Crippen LogP contribution in [-0.2, 0) is 0 Å². The maximum Gasteiger partial charge on any atom is 0.258 e. The molecule has 1 N–H and O–H groups in total. The fourth-order valence-corrected chi connectivity index (χ4v) is 1.11. The van der Waals surface area contributed by atoms with Crippen molar-refractivity contribution in [3.63, 3.8) is 0 Å². The van der Waals surface area contributed by atoms with Gasteiger partial charge >= 0.3 is 0 Å². The number of benzene rings is 1. The molecule has 1 atom stereocenters. The van der Waals surface area contributed by atoms with Gasteiger partial charge in [-0.2, -0.15) is 5.26 Å². The van der Waals surface area contributed by atoms with Crippen molar-refractivity contribution in [2.24, 2.45) is 0 Å². The highest BCUT2D eigenvalue weighted by molar-refractivity contribution is 5.96. The predicted octanol–water partition coefficient (Wildman–Crippen LogP) is 1.38. The molecule has 4 nitrogen and oxygen atoms in total. The average molecular weight is 204 g/mol. The Balaban J connectivity index is 2.96. The monoisotopic (exact) mass is 204 g/mol. The Hall–Kier alpha value is -2.02. The zero-order valence-electron chi connectivity index (χ0n) is 8.64. The zero-order chi connectivity index (χ0) is 11.4. The van der Waals surface area contributed by atoms with Crippen molar-refractivity contribution in [2.45, 2.75) is 13.0 Å². The van der Waals surface area contributed by atoms with Crippen molar-refractivity contribution in [1.29, 1.82) is 5.26 Å². The van der Waals surface area contributed by atoms with E-state index in [1.54, 1.807) is 19.1 Å². The standard InChI is InChI=1S/C11H12N2O2/c1-8(7-12)13(2)11(15)9-5-3-4-6-10(9)14/h3-6,8,14H,1-2H3. The first kappa shape index (κ1) is 11.1. The molecule has 0 aliphatic heterocycles. The summed E-state index contributed by atoms with van der Waals surface area (Å²) in [6.07, 6.45) is 0. The number of phenols is 1. The topological polar surface area (TPSA) is 64.3 Å². The minimum absolute atomic E-state index is 0.0699. The lowest BCUT2D eigenvalue weighted by atomic mass is 10.1. The van der Waals surface area contributed by atoms with E-state index in [0.29, 0.717) is 0 Å². The number of para-hydroxylation sites is 1. The van der Waals surface area contributed by atoms with Crippen LogP contribution in [0.1, 0.15) is 17.3 Å². The summed E-state index contributed by atoms with van der Waals surface area (Å²) in [6.45, 7) is 1.62. The van der Waals surface area contributed by atoms with Crippen LogP contribution in [0.3, 0.4) is 0 Å². The van der Waals surface area contributed by atoms with Gasteiger partial charge in [-0.1, -0.05) is 12.1 Å². The summed E-state index contributed by atoms with van der Waals surface area (Å²) in [5.74, 6) is -0.429. The zero-order valence-corrected chi connectivity index (χ0v) is 8.64. The molecule has 1 aromatic rings. The molecule has 1 rings (SSSR count). The van der Waals surface area contributed by atoms with Gasteiger partial charge in [-0.05, 0) is 19.1 Å². The van der Waals surface area contributed by atoms with E-state index in [2.05, 4.69) is 0 Å². The van der Waals surface area contributed by atoms with Crippen molar-refractivity contribution in [2.75, 3.05) is 7.05 Å². The van der Waals surface area contributed by atoms with Gasteiger partial charge < -0.3 is 10.0 Å². The van der Waals surface area contributed by atoms with Crippen LogP contribution in [0.4, 0.5) is 0 Å². The summed E-state index contributed by atoms with van der Waals surface area (Å²) >= 11 is 0. The smallest absolute Gasteiger partial charge is 0.258 e. The SMILES string of the molecule is CC(C#N)N(C)C(=O)c1ccccc1O. The molecular formula is C11H12N2O2. The second-order valence-corrected chi connectivity index (χ2v) is 3.24. The summed E-state index contributed by atoms with van der Waals surface area (Å²) in [6, 6.07) is 7.71. The Labute approximate surface area is 88.4 Å². The highest BCUT2D eigenvalue weighted by atomic mass is 16.3. The summed E-state index contributed by atoms with van der Waals surface area (Å²) in [4.78, 5) is 13.1. The minimum atomic E-state index is -0.517. The van der Waals surface area contributed by atoms with Crippen molar-refractivity contribution < 1.29 is 9.90 Å². The number of carbonyl (C=O) groups is 1. The third kappa shape index (κ3) is 2.26. The number of rotatable bonds is 2. The normalized spacial score (nSPS) is 11.5. The van der Waals surface area contributed by atoms with Crippen molar-refractivity contribution in [1.82, 2.24) is 4.90 Å². The Morgan fingerprint density at radius 2 is 2.13 bits per heavy atom.